The second-order valence-electron chi connectivity index (χ2n) is 2.48. The predicted molar refractivity (Wildman–Crippen MR) is 38.9 cm³/mol. The van der Waals surface area contributed by atoms with Gasteiger partial charge in [-0.25, -0.2) is 0 Å². The van der Waals surface area contributed by atoms with E-state index in [4.69, 9.17) is 15.9 Å². The SMILES string of the molecule is COC1CCN(C(=N)N)C1. The smallest absolute Gasteiger partial charge is 0.188 e. The van der Waals surface area contributed by atoms with E-state index in [0.717, 1.165) is 19.5 Å². The monoisotopic (exact) mass is 143 g/mol. The highest BCUT2D eigenvalue weighted by Crippen LogP contribution is 2.09. The molecule has 3 N–H and O–H groups in total. The molecular formula is C6H13N3O. The second-order valence-corrected chi connectivity index (χ2v) is 2.48. The van der Waals surface area contributed by atoms with E-state index in [1.54, 1.807) is 7.11 Å². The number of hydrogen-bond acceptors (Lipinski definition) is 2. The molecule has 0 aromatic heterocycles. The van der Waals surface area contributed by atoms with Gasteiger partial charge in [-0.05, 0) is 6.42 Å². The van der Waals surface area contributed by atoms with Crippen molar-refractivity contribution in [3.05, 3.63) is 0 Å². The number of guanidine groups is 1. The molecule has 1 atom stereocenters. The van der Waals surface area contributed by atoms with Gasteiger partial charge in [-0.2, -0.15) is 0 Å². The normalized spacial score (nSPS) is 25.3. The number of nitrogens with two attached hydrogens (primary N) is 1. The van der Waals surface area contributed by atoms with E-state index in [1.165, 1.54) is 0 Å². The number of likely N-dealkylation sites (tertiary alicyclic amines) is 1. The second kappa shape index (κ2) is 2.88. The summed E-state index contributed by atoms with van der Waals surface area (Å²) in [5.41, 5.74) is 5.27. The number of methoxy groups -OCH3 is 1. The Morgan fingerprint density at radius 1 is 1.80 bits per heavy atom. The standard InChI is InChI=1S/C6H13N3O/c1-10-5-2-3-9(4-5)6(7)8/h5H,2-4H2,1H3,(H3,7,8). The molecular weight excluding hydrogens is 130 g/mol. The first kappa shape index (κ1) is 7.34. The van der Waals surface area contributed by atoms with Gasteiger partial charge in [-0.15, -0.1) is 0 Å². The Kier molecular flexibility index (Phi) is 2.11. The van der Waals surface area contributed by atoms with Crippen LogP contribution in [0.1, 0.15) is 6.42 Å². The zero-order valence-corrected chi connectivity index (χ0v) is 6.13. The Hall–Kier alpha value is -0.770. The molecule has 1 saturated heterocycles. The van der Waals surface area contributed by atoms with Crippen molar-refractivity contribution in [3.63, 3.8) is 0 Å². The minimum atomic E-state index is 0.152. The molecule has 58 valence electrons. The zero-order valence-electron chi connectivity index (χ0n) is 6.13. The lowest BCUT2D eigenvalue weighted by Gasteiger charge is -2.14. The van der Waals surface area contributed by atoms with Gasteiger partial charge in [0.25, 0.3) is 0 Å². The van der Waals surface area contributed by atoms with Crippen molar-refractivity contribution in [1.29, 1.82) is 5.41 Å². The summed E-state index contributed by atoms with van der Waals surface area (Å²) in [6.07, 6.45) is 1.25. The zero-order chi connectivity index (χ0) is 7.56. The van der Waals surface area contributed by atoms with Crippen LogP contribution in [-0.2, 0) is 4.74 Å². The molecule has 1 rings (SSSR count). The molecule has 0 saturated carbocycles. The van der Waals surface area contributed by atoms with Crippen LogP contribution in [0.3, 0.4) is 0 Å². The van der Waals surface area contributed by atoms with Gasteiger partial charge < -0.3 is 15.4 Å². The number of ether oxygens (including phenoxy) is 1. The fourth-order valence-electron chi connectivity index (χ4n) is 1.14. The van der Waals surface area contributed by atoms with Gasteiger partial charge in [0.1, 0.15) is 0 Å². The molecule has 4 heteroatoms. The van der Waals surface area contributed by atoms with Gasteiger partial charge in [-0.3, -0.25) is 5.41 Å². The van der Waals surface area contributed by atoms with Crippen molar-refractivity contribution < 1.29 is 4.74 Å². The van der Waals surface area contributed by atoms with Crippen molar-refractivity contribution in [3.8, 4) is 0 Å². The van der Waals surface area contributed by atoms with E-state index in [2.05, 4.69) is 0 Å². The maximum absolute atomic E-state index is 7.10. The van der Waals surface area contributed by atoms with Crippen molar-refractivity contribution in [2.75, 3.05) is 20.2 Å². The maximum Gasteiger partial charge on any atom is 0.188 e. The molecule has 0 spiro atoms. The van der Waals surface area contributed by atoms with Crippen molar-refractivity contribution >= 4 is 5.96 Å². The molecule has 1 fully saturated rings. The third-order valence-corrected chi connectivity index (χ3v) is 1.82. The minimum absolute atomic E-state index is 0.152. The molecule has 0 aliphatic carbocycles. The quantitative estimate of drug-likeness (QED) is 0.388. The van der Waals surface area contributed by atoms with Crippen molar-refractivity contribution in [2.24, 2.45) is 5.73 Å². The Morgan fingerprint density at radius 3 is 2.80 bits per heavy atom. The van der Waals surface area contributed by atoms with E-state index in [1.807, 2.05) is 4.90 Å². The molecule has 1 aliphatic heterocycles. The number of hydrogen-bond donors (Lipinski definition) is 2. The highest BCUT2D eigenvalue weighted by Gasteiger charge is 2.22. The maximum atomic E-state index is 7.10. The Bertz CT molecular complexity index is 137. The van der Waals surface area contributed by atoms with Gasteiger partial charge in [-0.1, -0.05) is 0 Å². The molecule has 0 aromatic rings. The lowest BCUT2D eigenvalue weighted by Crippen LogP contribution is -2.35. The highest BCUT2D eigenvalue weighted by molar-refractivity contribution is 5.74. The van der Waals surface area contributed by atoms with Crippen LogP contribution in [0.25, 0.3) is 0 Å². The third kappa shape index (κ3) is 1.39. The molecule has 0 amide bonds. The first-order valence-corrected chi connectivity index (χ1v) is 3.36. The summed E-state index contributed by atoms with van der Waals surface area (Å²) in [6, 6.07) is 0. The summed E-state index contributed by atoms with van der Waals surface area (Å²) in [7, 11) is 1.69. The summed E-state index contributed by atoms with van der Waals surface area (Å²) in [4.78, 5) is 1.81. The summed E-state index contributed by atoms with van der Waals surface area (Å²) >= 11 is 0. The van der Waals surface area contributed by atoms with Gasteiger partial charge >= 0.3 is 0 Å². The first-order valence-electron chi connectivity index (χ1n) is 3.36. The molecule has 1 unspecified atom stereocenters. The summed E-state index contributed by atoms with van der Waals surface area (Å²) < 4.78 is 5.10. The Morgan fingerprint density at radius 2 is 2.50 bits per heavy atom. The first-order chi connectivity index (χ1) is 4.74. The van der Waals surface area contributed by atoms with Crippen LogP contribution in [0.4, 0.5) is 0 Å². The van der Waals surface area contributed by atoms with Crippen LogP contribution < -0.4 is 5.73 Å². The number of nitrogens with zero attached hydrogens (tertiary/aromatic N) is 1. The van der Waals surface area contributed by atoms with Gasteiger partial charge in [0.2, 0.25) is 0 Å². The predicted octanol–water partition coefficient (Wildman–Crippen LogP) is -0.399. The molecule has 0 radical (unpaired) electrons. The van der Waals surface area contributed by atoms with Crippen LogP contribution in [0.2, 0.25) is 0 Å². The lowest BCUT2D eigenvalue weighted by molar-refractivity contribution is 0.114. The molecule has 1 aliphatic rings. The van der Waals surface area contributed by atoms with E-state index < -0.39 is 0 Å². The number of rotatable bonds is 1. The van der Waals surface area contributed by atoms with Gasteiger partial charge in [0.05, 0.1) is 6.10 Å². The van der Waals surface area contributed by atoms with Crippen LogP contribution in [0.5, 0.6) is 0 Å². The van der Waals surface area contributed by atoms with Crippen LogP contribution >= 0.6 is 0 Å². The van der Waals surface area contributed by atoms with E-state index in [9.17, 15) is 0 Å². The topological polar surface area (TPSA) is 62.3 Å². The van der Waals surface area contributed by atoms with Crippen molar-refractivity contribution in [1.82, 2.24) is 4.90 Å². The summed E-state index contributed by atoms with van der Waals surface area (Å²) in [5.74, 6) is 0.152. The van der Waals surface area contributed by atoms with E-state index in [-0.39, 0.29) is 12.1 Å². The van der Waals surface area contributed by atoms with E-state index >= 15 is 0 Å². The van der Waals surface area contributed by atoms with Gasteiger partial charge in [0, 0.05) is 20.2 Å². The average Bonchev–Trinajstić information content (AvgIpc) is 2.34. The fraction of sp³-hybridized carbons (Fsp3) is 0.833. The largest absolute Gasteiger partial charge is 0.380 e. The molecule has 1 heterocycles. The molecule has 4 nitrogen and oxygen atoms in total. The van der Waals surface area contributed by atoms with Crippen LogP contribution in [-0.4, -0.2) is 37.2 Å². The fourth-order valence-corrected chi connectivity index (χ4v) is 1.14. The Balaban J connectivity index is 2.35. The molecule has 10 heavy (non-hydrogen) atoms. The average molecular weight is 143 g/mol. The van der Waals surface area contributed by atoms with Gasteiger partial charge in [0.15, 0.2) is 5.96 Å². The third-order valence-electron chi connectivity index (χ3n) is 1.82. The minimum Gasteiger partial charge on any atom is -0.380 e. The van der Waals surface area contributed by atoms with Crippen LogP contribution in [0, 0.1) is 5.41 Å². The molecule has 0 aromatic carbocycles. The molecule has 0 bridgehead atoms. The number of nitrogens with one attached hydrogen (secondary N) is 1. The van der Waals surface area contributed by atoms with Crippen molar-refractivity contribution in [2.45, 2.75) is 12.5 Å². The van der Waals surface area contributed by atoms with E-state index in [0.29, 0.717) is 0 Å². The van der Waals surface area contributed by atoms with Crippen LogP contribution in [0.15, 0.2) is 0 Å². The lowest BCUT2D eigenvalue weighted by atomic mass is 10.3. The Labute approximate surface area is 60.5 Å². The summed E-state index contributed by atoms with van der Waals surface area (Å²) in [5, 5.41) is 7.10. The highest BCUT2D eigenvalue weighted by atomic mass is 16.5. The summed E-state index contributed by atoms with van der Waals surface area (Å²) in [6.45, 7) is 1.62.